The van der Waals surface area contributed by atoms with E-state index in [1.807, 2.05) is 19.2 Å². The van der Waals surface area contributed by atoms with Gasteiger partial charge < -0.3 is 14.6 Å². The fourth-order valence-corrected chi connectivity index (χ4v) is 3.86. The number of ether oxygens (including phenoxy) is 2. The molecule has 18 heavy (non-hydrogen) atoms. The summed E-state index contributed by atoms with van der Waals surface area (Å²) in [6.45, 7) is 6.03. The van der Waals surface area contributed by atoms with Crippen molar-refractivity contribution < 1.29 is 14.6 Å². The molecule has 3 rings (SSSR count). The Kier molecular flexibility index (Phi) is 2.97. The summed E-state index contributed by atoms with van der Waals surface area (Å²) in [7, 11) is 0. The zero-order chi connectivity index (χ0) is 12.9. The Morgan fingerprint density at radius 3 is 2.83 bits per heavy atom. The molecule has 5 atom stereocenters. The van der Waals surface area contributed by atoms with E-state index < -0.39 is 11.9 Å². The van der Waals surface area contributed by atoms with Crippen LogP contribution in [-0.4, -0.2) is 28.1 Å². The van der Waals surface area contributed by atoms with Gasteiger partial charge >= 0.3 is 0 Å². The van der Waals surface area contributed by atoms with Crippen LogP contribution in [0, 0.1) is 11.8 Å². The van der Waals surface area contributed by atoms with E-state index in [-0.39, 0.29) is 18.1 Å². The second-order valence-electron chi connectivity index (χ2n) is 5.76. The summed E-state index contributed by atoms with van der Waals surface area (Å²) in [6.07, 6.45) is 2.19. The minimum absolute atomic E-state index is 0.0195. The van der Waals surface area contributed by atoms with Gasteiger partial charge in [-0.2, -0.15) is 0 Å². The van der Waals surface area contributed by atoms with Crippen LogP contribution in [0.25, 0.3) is 0 Å². The molecule has 1 saturated heterocycles. The molecule has 0 radical (unpaired) electrons. The molecule has 1 aromatic heterocycles. The minimum atomic E-state index is -0.542. The number of aliphatic hydroxyl groups excluding tert-OH is 1. The van der Waals surface area contributed by atoms with Gasteiger partial charge in [0.25, 0.3) is 0 Å². The van der Waals surface area contributed by atoms with Crippen molar-refractivity contribution in [1.29, 1.82) is 0 Å². The van der Waals surface area contributed by atoms with E-state index >= 15 is 0 Å². The Balaban J connectivity index is 1.82. The lowest BCUT2D eigenvalue weighted by Crippen LogP contribution is -2.29. The molecule has 4 nitrogen and oxygen atoms in total. The normalized spacial score (nSPS) is 39.8. The fourth-order valence-electron chi connectivity index (χ4n) is 3.16. The van der Waals surface area contributed by atoms with Gasteiger partial charge in [0.2, 0.25) is 0 Å². The van der Waals surface area contributed by atoms with Crippen LogP contribution in [-0.2, 0) is 9.47 Å². The molecule has 0 bridgehead atoms. The van der Waals surface area contributed by atoms with E-state index in [0.717, 1.165) is 11.4 Å². The first-order valence-electron chi connectivity index (χ1n) is 6.41. The van der Waals surface area contributed by atoms with Crippen molar-refractivity contribution in [3.63, 3.8) is 0 Å². The van der Waals surface area contributed by atoms with Crippen LogP contribution in [0.2, 0.25) is 0 Å². The van der Waals surface area contributed by atoms with Gasteiger partial charge in [-0.25, -0.2) is 4.98 Å². The van der Waals surface area contributed by atoms with Crippen molar-refractivity contribution in [3.05, 3.63) is 16.6 Å². The zero-order valence-corrected chi connectivity index (χ0v) is 11.7. The Bertz CT molecular complexity index is 420. The highest BCUT2D eigenvalue weighted by atomic mass is 32.1. The van der Waals surface area contributed by atoms with E-state index in [9.17, 15) is 5.11 Å². The molecule has 2 heterocycles. The first-order valence-corrected chi connectivity index (χ1v) is 7.29. The third-order valence-electron chi connectivity index (χ3n) is 3.90. The fraction of sp³-hybridized carbons (Fsp3) is 0.769. The topological polar surface area (TPSA) is 51.6 Å². The maximum atomic E-state index is 10.5. The summed E-state index contributed by atoms with van der Waals surface area (Å²) in [4.78, 5) is 4.21. The zero-order valence-electron chi connectivity index (χ0n) is 10.9. The Hall–Kier alpha value is -0.490. The van der Waals surface area contributed by atoms with Crippen molar-refractivity contribution in [3.8, 4) is 0 Å². The molecule has 2 aliphatic rings. The molecule has 0 amide bonds. The van der Waals surface area contributed by atoms with Gasteiger partial charge in [0.05, 0.1) is 12.2 Å². The average molecular weight is 269 g/mol. The first kappa shape index (κ1) is 12.5. The van der Waals surface area contributed by atoms with Crippen molar-refractivity contribution in [2.45, 2.75) is 51.3 Å². The lowest BCUT2D eigenvalue weighted by atomic mass is 9.98. The molecule has 0 aromatic carbocycles. The van der Waals surface area contributed by atoms with Crippen LogP contribution in [0.1, 0.15) is 38.3 Å². The van der Waals surface area contributed by atoms with Crippen molar-refractivity contribution >= 4 is 11.3 Å². The molecule has 1 unspecified atom stereocenters. The summed E-state index contributed by atoms with van der Waals surface area (Å²) in [5.74, 6) is -0.0421. The lowest BCUT2D eigenvalue weighted by Gasteiger charge is -2.24. The molecule has 1 saturated carbocycles. The maximum Gasteiger partial charge on any atom is 0.163 e. The summed E-state index contributed by atoms with van der Waals surface area (Å²) in [6, 6.07) is 0. The lowest BCUT2D eigenvalue weighted by molar-refractivity contribution is -0.165. The monoisotopic (exact) mass is 269 g/mol. The smallest absolute Gasteiger partial charge is 0.163 e. The SMILES string of the molecule is C[C@@H]1C[C@H](C(O)c2nccs2)[C@H]2OC(C)(C)O[C@H]21. The maximum absolute atomic E-state index is 10.5. The third-order valence-corrected chi connectivity index (χ3v) is 4.75. The van der Waals surface area contributed by atoms with Gasteiger partial charge in [-0.15, -0.1) is 11.3 Å². The van der Waals surface area contributed by atoms with Crippen molar-refractivity contribution in [2.24, 2.45) is 11.8 Å². The summed E-state index contributed by atoms with van der Waals surface area (Å²) < 4.78 is 11.9. The quantitative estimate of drug-likeness (QED) is 0.895. The molecule has 1 N–H and O–H groups in total. The van der Waals surface area contributed by atoms with Gasteiger partial charge in [0, 0.05) is 17.5 Å². The van der Waals surface area contributed by atoms with Crippen molar-refractivity contribution in [2.75, 3.05) is 0 Å². The van der Waals surface area contributed by atoms with E-state index in [1.165, 1.54) is 11.3 Å². The molecular formula is C13H19NO3S. The van der Waals surface area contributed by atoms with Gasteiger partial charge in [-0.05, 0) is 26.2 Å². The van der Waals surface area contributed by atoms with Crippen LogP contribution in [0.3, 0.4) is 0 Å². The molecule has 100 valence electrons. The number of hydrogen-bond donors (Lipinski definition) is 1. The number of aromatic nitrogens is 1. The Morgan fingerprint density at radius 2 is 2.17 bits per heavy atom. The van der Waals surface area contributed by atoms with Crippen LogP contribution in [0.15, 0.2) is 11.6 Å². The van der Waals surface area contributed by atoms with Gasteiger partial charge in [0.1, 0.15) is 11.1 Å². The number of hydrogen-bond acceptors (Lipinski definition) is 5. The number of thiazole rings is 1. The van der Waals surface area contributed by atoms with E-state index in [0.29, 0.717) is 5.92 Å². The number of rotatable bonds is 2. The highest BCUT2D eigenvalue weighted by Crippen LogP contribution is 2.48. The Morgan fingerprint density at radius 1 is 1.44 bits per heavy atom. The molecule has 0 spiro atoms. The van der Waals surface area contributed by atoms with Gasteiger partial charge in [-0.3, -0.25) is 0 Å². The second kappa shape index (κ2) is 4.27. The average Bonchev–Trinajstić information content (AvgIpc) is 2.95. The van der Waals surface area contributed by atoms with Crippen LogP contribution in [0.5, 0.6) is 0 Å². The van der Waals surface area contributed by atoms with E-state index in [4.69, 9.17) is 9.47 Å². The largest absolute Gasteiger partial charge is 0.386 e. The molecule has 1 aliphatic heterocycles. The van der Waals surface area contributed by atoms with E-state index in [2.05, 4.69) is 11.9 Å². The highest BCUT2D eigenvalue weighted by molar-refractivity contribution is 7.09. The van der Waals surface area contributed by atoms with Crippen LogP contribution < -0.4 is 0 Å². The van der Waals surface area contributed by atoms with Gasteiger partial charge in [-0.1, -0.05) is 6.92 Å². The summed E-state index contributed by atoms with van der Waals surface area (Å²) >= 11 is 1.50. The molecule has 2 fully saturated rings. The Labute approximate surface area is 111 Å². The van der Waals surface area contributed by atoms with Crippen molar-refractivity contribution in [1.82, 2.24) is 4.98 Å². The minimum Gasteiger partial charge on any atom is -0.386 e. The third kappa shape index (κ3) is 1.99. The number of aliphatic hydroxyl groups is 1. The molecular weight excluding hydrogens is 250 g/mol. The molecule has 1 aromatic rings. The molecule has 1 aliphatic carbocycles. The predicted molar refractivity (Wildman–Crippen MR) is 68.2 cm³/mol. The first-order chi connectivity index (χ1) is 8.48. The van der Waals surface area contributed by atoms with Crippen LogP contribution >= 0.6 is 11.3 Å². The standard InChI is InChI=1S/C13H19NO3S/c1-7-6-8(9(15)12-14-4-5-18-12)11-10(7)16-13(2,3)17-11/h4-5,7-11,15H,6H2,1-3H3/t7-,8-,9?,10+,11-/m1/s1. The van der Waals surface area contributed by atoms with E-state index in [1.54, 1.807) is 6.20 Å². The number of nitrogens with zero attached hydrogens (tertiary/aromatic N) is 1. The second-order valence-corrected chi connectivity index (χ2v) is 6.68. The predicted octanol–water partition coefficient (Wildman–Crippen LogP) is 2.35. The van der Waals surface area contributed by atoms with Crippen LogP contribution in [0.4, 0.5) is 0 Å². The highest BCUT2D eigenvalue weighted by Gasteiger charge is 2.54. The van der Waals surface area contributed by atoms with Gasteiger partial charge in [0.15, 0.2) is 5.79 Å². The summed E-state index contributed by atoms with van der Waals surface area (Å²) in [5, 5.41) is 13.1. The summed E-state index contributed by atoms with van der Waals surface area (Å²) in [5.41, 5.74) is 0. The number of fused-ring (bicyclic) bond motifs is 1. The molecule has 5 heteroatoms.